The maximum atomic E-state index is 10.9. The van der Waals surface area contributed by atoms with Crippen LogP contribution in [0.25, 0.3) is 0 Å². The Bertz CT molecular complexity index is 395. The third-order valence-corrected chi connectivity index (χ3v) is 2.98. The lowest BCUT2D eigenvalue weighted by atomic mass is 10.1. The van der Waals surface area contributed by atoms with E-state index in [1.54, 1.807) is 12.1 Å². The molecule has 0 aliphatic carbocycles. The molecule has 0 aromatic heterocycles. The number of amides is 1. The number of nitrogens with two attached hydrogens (primary N) is 1. The summed E-state index contributed by atoms with van der Waals surface area (Å²) in [4.78, 5) is 12.9. The number of carbonyl (C=O) groups is 1. The number of hydrogen-bond acceptors (Lipinski definition) is 4. The quantitative estimate of drug-likeness (QED) is 0.649. The molecule has 4 N–H and O–H groups in total. The molecule has 1 saturated heterocycles. The van der Waals surface area contributed by atoms with Crippen LogP contribution in [0.4, 0.5) is 0 Å². The summed E-state index contributed by atoms with van der Waals surface area (Å²) in [6.07, 6.45) is -1.33. The minimum absolute atomic E-state index is 0.441. The zero-order valence-corrected chi connectivity index (χ0v) is 9.41. The van der Waals surface area contributed by atoms with E-state index in [2.05, 4.69) is 0 Å². The largest absolute Gasteiger partial charge is 0.389 e. The fraction of sp³-hybridized carbons (Fsp3) is 0.417. The minimum Gasteiger partial charge on any atom is -0.389 e. The molecule has 17 heavy (non-hydrogen) atoms. The monoisotopic (exact) mass is 236 g/mol. The van der Waals surface area contributed by atoms with Crippen molar-refractivity contribution in [2.45, 2.75) is 18.8 Å². The first-order valence-corrected chi connectivity index (χ1v) is 5.53. The second kappa shape index (κ2) is 4.83. The first kappa shape index (κ1) is 12.0. The van der Waals surface area contributed by atoms with Gasteiger partial charge in [-0.1, -0.05) is 12.1 Å². The van der Waals surface area contributed by atoms with Crippen LogP contribution in [0.5, 0.6) is 0 Å². The van der Waals surface area contributed by atoms with Crippen LogP contribution < -0.4 is 5.73 Å². The molecule has 1 aromatic carbocycles. The Morgan fingerprint density at radius 1 is 1.24 bits per heavy atom. The highest BCUT2D eigenvalue weighted by atomic mass is 16.3. The molecule has 0 radical (unpaired) electrons. The van der Waals surface area contributed by atoms with E-state index in [0.717, 1.165) is 5.56 Å². The van der Waals surface area contributed by atoms with Crippen molar-refractivity contribution >= 4 is 5.91 Å². The van der Waals surface area contributed by atoms with Gasteiger partial charge in [0, 0.05) is 25.2 Å². The van der Waals surface area contributed by atoms with Crippen molar-refractivity contribution in [3.63, 3.8) is 0 Å². The SMILES string of the molecule is NC(=O)c1ccc(CN2C[C@@H](O)[C@@H](O)C2)cc1. The molecule has 1 aromatic rings. The van der Waals surface area contributed by atoms with Crippen molar-refractivity contribution in [1.82, 2.24) is 4.90 Å². The zero-order valence-electron chi connectivity index (χ0n) is 9.41. The van der Waals surface area contributed by atoms with Crippen LogP contribution in [0.1, 0.15) is 15.9 Å². The Morgan fingerprint density at radius 3 is 2.24 bits per heavy atom. The summed E-state index contributed by atoms with van der Waals surface area (Å²) in [5.41, 5.74) is 6.65. The van der Waals surface area contributed by atoms with E-state index in [9.17, 15) is 15.0 Å². The van der Waals surface area contributed by atoms with Crippen molar-refractivity contribution < 1.29 is 15.0 Å². The zero-order chi connectivity index (χ0) is 12.4. The van der Waals surface area contributed by atoms with Crippen LogP contribution in [0.3, 0.4) is 0 Å². The predicted molar refractivity (Wildman–Crippen MR) is 62.3 cm³/mol. The fourth-order valence-corrected chi connectivity index (χ4v) is 2.01. The minimum atomic E-state index is -0.667. The predicted octanol–water partition coefficient (Wildman–Crippen LogP) is -0.677. The molecule has 1 aliphatic heterocycles. The van der Waals surface area contributed by atoms with E-state index in [1.165, 1.54) is 0 Å². The molecule has 1 heterocycles. The molecular formula is C12H16N2O3. The number of rotatable bonds is 3. The third-order valence-electron chi connectivity index (χ3n) is 2.98. The number of hydrogen-bond donors (Lipinski definition) is 3. The Kier molecular flexibility index (Phi) is 3.42. The number of likely N-dealkylation sites (tertiary alicyclic amines) is 1. The lowest BCUT2D eigenvalue weighted by Gasteiger charge is -2.14. The number of nitrogens with zero attached hydrogens (tertiary/aromatic N) is 1. The Labute approximate surface area is 99.5 Å². The topological polar surface area (TPSA) is 86.8 Å². The Balaban J connectivity index is 1.98. The van der Waals surface area contributed by atoms with Gasteiger partial charge in [-0.25, -0.2) is 0 Å². The summed E-state index contributed by atoms with van der Waals surface area (Å²) >= 11 is 0. The number of carbonyl (C=O) groups excluding carboxylic acids is 1. The maximum Gasteiger partial charge on any atom is 0.248 e. The second-order valence-corrected chi connectivity index (χ2v) is 4.39. The van der Waals surface area contributed by atoms with Gasteiger partial charge in [-0.2, -0.15) is 0 Å². The molecule has 1 fully saturated rings. The van der Waals surface area contributed by atoms with E-state index < -0.39 is 18.1 Å². The summed E-state index contributed by atoms with van der Waals surface area (Å²) in [5.74, 6) is -0.441. The summed E-state index contributed by atoms with van der Waals surface area (Å²) < 4.78 is 0. The summed E-state index contributed by atoms with van der Waals surface area (Å²) in [6, 6.07) is 7.02. The summed E-state index contributed by atoms with van der Waals surface area (Å²) in [5, 5.41) is 18.8. The lowest BCUT2D eigenvalue weighted by molar-refractivity contribution is 0.0572. The van der Waals surface area contributed by atoms with Crippen LogP contribution in [0, 0.1) is 0 Å². The van der Waals surface area contributed by atoms with E-state index in [-0.39, 0.29) is 0 Å². The fourth-order valence-electron chi connectivity index (χ4n) is 2.01. The smallest absolute Gasteiger partial charge is 0.248 e. The van der Waals surface area contributed by atoms with Crippen molar-refractivity contribution in [2.24, 2.45) is 5.73 Å². The van der Waals surface area contributed by atoms with E-state index >= 15 is 0 Å². The summed E-state index contributed by atoms with van der Waals surface area (Å²) in [7, 11) is 0. The molecule has 92 valence electrons. The van der Waals surface area contributed by atoms with Gasteiger partial charge in [0.15, 0.2) is 0 Å². The normalized spacial score (nSPS) is 25.1. The average molecular weight is 236 g/mol. The number of primary amides is 1. The van der Waals surface area contributed by atoms with Gasteiger partial charge in [0.2, 0.25) is 5.91 Å². The Morgan fingerprint density at radius 2 is 1.76 bits per heavy atom. The molecule has 2 atom stereocenters. The lowest BCUT2D eigenvalue weighted by Crippen LogP contribution is -2.22. The highest BCUT2D eigenvalue weighted by Gasteiger charge is 2.29. The van der Waals surface area contributed by atoms with E-state index in [0.29, 0.717) is 25.2 Å². The van der Waals surface area contributed by atoms with Crippen LogP contribution in [-0.2, 0) is 6.54 Å². The van der Waals surface area contributed by atoms with Crippen LogP contribution in [-0.4, -0.2) is 46.3 Å². The number of aliphatic hydroxyl groups excluding tert-OH is 2. The maximum absolute atomic E-state index is 10.9. The molecule has 0 bridgehead atoms. The molecule has 5 nitrogen and oxygen atoms in total. The van der Waals surface area contributed by atoms with Gasteiger partial charge in [-0.05, 0) is 17.7 Å². The molecule has 0 saturated carbocycles. The highest BCUT2D eigenvalue weighted by molar-refractivity contribution is 5.92. The van der Waals surface area contributed by atoms with Gasteiger partial charge in [-0.15, -0.1) is 0 Å². The van der Waals surface area contributed by atoms with Gasteiger partial charge in [0.1, 0.15) is 0 Å². The number of benzene rings is 1. The van der Waals surface area contributed by atoms with Crippen molar-refractivity contribution in [2.75, 3.05) is 13.1 Å². The number of aliphatic hydroxyl groups is 2. The molecule has 5 heteroatoms. The van der Waals surface area contributed by atoms with Gasteiger partial charge in [0.05, 0.1) is 12.2 Å². The van der Waals surface area contributed by atoms with Gasteiger partial charge >= 0.3 is 0 Å². The second-order valence-electron chi connectivity index (χ2n) is 4.39. The molecular weight excluding hydrogens is 220 g/mol. The number of β-amino-alcohol motifs (C(OH)–C–C–N with tert-alkyl or cyclic N) is 2. The molecule has 1 aliphatic rings. The Hall–Kier alpha value is -1.43. The molecule has 0 unspecified atom stereocenters. The van der Waals surface area contributed by atoms with Gasteiger partial charge in [0.25, 0.3) is 0 Å². The summed E-state index contributed by atoms with van der Waals surface area (Å²) in [6.45, 7) is 1.59. The van der Waals surface area contributed by atoms with Crippen molar-refractivity contribution in [1.29, 1.82) is 0 Å². The van der Waals surface area contributed by atoms with Crippen molar-refractivity contribution in [3.8, 4) is 0 Å². The standard InChI is InChI=1S/C12H16N2O3/c13-12(17)9-3-1-8(2-4-9)5-14-6-10(15)11(16)7-14/h1-4,10-11,15-16H,5-7H2,(H2,13,17)/t10-,11+. The molecule has 2 rings (SSSR count). The molecule has 1 amide bonds. The van der Waals surface area contributed by atoms with E-state index in [4.69, 9.17) is 5.73 Å². The van der Waals surface area contributed by atoms with Crippen LogP contribution in [0.15, 0.2) is 24.3 Å². The first-order valence-electron chi connectivity index (χ1n) is 5.53. The van der Waals surface area contributed by atoms with Gasteiger partial charge < -0.3 is 15.9 Å². The first-order chi connectivity index (χ1) is 8.06. The third kappa shape index (κ3) is 2.82. The van der Waals surface area contributed by atoms with Gasteiger partial charge in [-0.3, -0.25) is 9.69 Å². The van der Waals surface area contributed by atoms with Crippen LogP contribution in [0.2, 0.25) is 0 Å². The van der Waals surface area contributed by atoms with E-state index in [1.807, 2.05) is 17.0 Å². The average Bonchev–Trinajstić information content (AvgIpc) is 2.58. The van der Waals surface area contributed by atoms with Crippen molar-refractivity contribution in [3.05, 3.63) is 35.4 Å². The van der Waals surface area contributed by atoms with Crippen LogP contribution >= 0.6 is 0 Å². The molecule has 0 spiro atoms. The highest BCUT2D eigenvalue weighted by Crippen LogP contribution is 2.14.